The van der Waals surface area contributed by atoms with Gasteiger partial charge in [-0.15, -0.1) is 0 Å². The van der Waals surface area contributed by atoms with Crippen molar-refractivity contribution in [1.29, 1.82) is 0 Å². The number of aliphatic hydroxyl groups is 1. The van der Waals surface area contributed by atoms with E-state index in [9.17, 15) is 18.0 Å². The van der Waals surface area contributed by atoms with Gasteiger partial charge in [0.05, 0.1) is 11.1 Å². The van der Waals surface area contributed by atoms with Crippen molar-refractivity contribution in [2.24, 2.45) is 5.92 Å². The van der Waals surface area contributed by atoms with Crippen molar-refractivity contribution >= 4 is 5.91 Å². The average molecular weight is 275 g/mol. The molecule has 0 aliphatic rings. The molecule has 0 heterocycles. The third-order valence-corrected chi connectivity index (χ3v) is 2.71. The number of carbonyl (C=O) groups is 1. The topological polar surface area (TPSA) is 49.3 Å². The van der Waals surface area contributed by atoms with Gasteiger partial charge in [-0.2, -0.15) is 13.2 Å². The summed E-state index contributed by atoms with van der Waals surface area (Å²) in [5.74, 6) is -0.746. The Morgan fingerprint density at radius 3 is 2.58 bits per heavy atom. The van der Waals surface area contributed by atoms with Gasteiger partial charge in [-0.25, -0.2) is 0 Å². The van der Waals surface area contributed by atoms with Crippen LogP contribution in [0, 0.1) is 5.92 Å². The molecule has 1 aromatic rings. The molecule has 1 atom stereocenters. The van der Waals surface area contributed by atoms with Crippen LogP contribution in [0.1, 0.15) is 29.3 Å². The van der Waals surface area contributed by atoms with E-state index in [-0.39, 0.29) is 24.6 Å². The zero-order valence-electron chi connectivity index (χ0n) is 10.5. The minimum atomic E-state index is -4.55. The van der Waals surface area contributed by atoms with Gasteiger partial charge in [0, 0.05) is 13.2 Å². The normalized spacial score (nSPS) is 13.1. The predicted molar refractivity (Wildman–Crippen MR) is 64.6 cm³/mol. The second-order valence-electron chi connectivity index (χ2n) is 4.37. The van der Waals surface area contributed by atoms with Crippen LogP contribution >= 0.6 is 0 Å². The van der Waals surface area contributed by atoms with Gasteiger partial charge in [0.2, 0.25) is 0 Å². The van der Waals surface area contributed by atoms with Gasteiger partial charge < -0.3 is 10.4 Å². The molecule has 0 saturated heterocycles. The lowest BCUT2D eigenvalue weighted by Gasteiger charge is -2.14. The average Bonchev–Trinajstić information content (AvgIpc) is 2.35. The maximum atomic E-state index is 12.7. The van der Waals surface area contributed by atoms with Gasteiger partial charge in [0.15, 0.2) is 0 Å². The van der Waals surface area contributed by atoms with Gasteiger partial charge >= 0.3 is 6.18 Å². The minimum Gasteiger partial charge on any atom is -0.396 e. The lowest BCUT2D eigenvalue weighted by molar-refractivity contribution is -0.137. The van der Waals surface area contributed by atoms with Gasteiger partial charge in [-0.1, -0.05) is 19.1 Å². The Morgan fingerprint density at radius 1 is 1.37 bits per heavy atom. The van der Waals surface area contributed by atoms with Crippen molar-refractivity contribution in [2.45, 2.75) is 19.5 Å². The smallest absolute Gasteiger partial charge is 0.396 e. The number of nitrogens with one attached hydrogen (secondary N) is 1. The Labute approximate surface area is 109 Å². The number of benzene rings is 1. The predicted octanol–water partition coefficient (Wildman–Crippen LogP) is 2.45. The van der Waals surface area contributed by atoms with Crippen molar-refractivity contribution in [2.75, 3.05) is 13.2 Å². The molecule has 0 saturated carbocycles. The fraction of sp³-hybridized carbons (Fsp3) is 0.462. The molecule has 1 aromatic carbocycles. The van der Waals surface area contributed by atoms with Crippen molar-refractivity contribution < 1.29 is 23.1 Å². The number of aliphatic hydroxyl groups excluding tert-OH is 1. The van der Waals surface area contributed by atoms with Crippen LogP contribution in [0.2, 0.25) is 0 Å². The first-order chi connectivity index (χ1) is 8.86. The zero-order valence-corrected chi connectivity index (χ0v) is 10.5. The summed E-state index contributed by atoms with van der Waals surface area (Å²) in [6.45, 7) is 2.01. The van der Waals surface area contributed by atoms with Crippen LogP contribution in [-0.2, 0) is 6.18 Å². The van der Waals surface area contributed by atoms with E-state index in [2.05, 4.69) is 5.32 Å². The Bertz CT molecular complexity index is 432. The first kappa shape index (κ1) is 15.5. The molecule has 0 aliphatic heterocycles. The summed E-state index contributed by atoms with van der Waals surface area (Å²) in [6.07, 6.45) is -4.06. The maximum Gasteiger partial charge on any atom is 0.417 e. The number of halogens is 3. The lowest BCUT2D eigenvalue weighted by atomic mass is 10.1. The Kier molecular flexibility index (Phi) is 5.35. The van der Waals surface area contributed by atoms with Crippen LogP contribution in [0.25, 0.3) is 0 Å². The molecule has 0 bridgehead atoms. The summed E-state index contributed by atoms with van der Waals surface area (Å²) >= 11 is 0. The summed E-state index contributed by atoms with van der Waals surface area (Å²) in [4.78, 5) is 11.7. The molecule has 106 valence electrons. The van der Waals surface area contributed by atoms with E-state index >= 15 is 0 Å². The lowest BCUT2D eigenvalue weighted by Crippen LogP contribution is -2.30. The first-order valence-corrected chi connectivity index (χ1v) is 5.91. The molecule has 1 amide bonds. The van der Waals surface area contributed by atoms with Gasteiger partial charge in [0.25, 0.3) is 5.91 Å². The molecule has 0 radical (unpaired) electrons. The highest BCUT2D eigenvalue weighted by molar-refractivity contribution is 5.95. The number of alkyl halides is 3. The largest absolute Gasteiger partial charge is 0.417 e. The van der Waals surface area contributed by atoms with Crippen LogP contribution in [0.3, 0.4) is 0 Å². The van der Waals surface area contributed by atoms with Crippen LogP contribution in [0.15, 0.2) is 24.3 Å². The van der Waals surface area contributed by atoms with Gasteiger partial charge in [0.1, 0.15) is 0 Å². The number of rotatable bonds is 5. The monoisotopic (exact) mass is 275 g/mol. The molecule has 19 heavy (non-hydrogen) atoms. The standard InChI is InChI=1S/C13H16F3NO2/c1-9(6-7-18)8-17-12(19)10-4-2-3-5-11(10)13(14,15)16/h2-5,9,18H,6-8H2,1H3,(H,17,19). The van der Waals surface area contributed by atoms with Gasteiger partial charge in [-0.3, -0.25) is 4.79 Å². The Balaban J connectivity index is 2.78. The molecular weight excluding hydrogens is 259 g/mol. The van der Waals surface area contributed by atoms with E-state index in [4.69, 9.17) is 5.11 Å². The van der Waals surface area contributed by atoms with Gasteiger partial charge in [-0.05, 0) is 24.5 Å². The summed E-state index contributed by atoms with van der Waals surface area (Å²) < 4.78 is 38.1. The summed E-state index contributed by atoms with van der Waals surface area (Å²) in [5, 5.41) is 11.2. The summed E-state index contributed by atoms with van der Waals surface area (Å²) in [5.41, 5.74) is -1.33. The number of carbonyl (C=O) groups excluding carboxylic acids is 1. The Hall–Kier alpha value is -1.56. The third-order valence-electron chi connectivity index (χ3n) is 2.71. The summed E-state index contributed by atoms with van der Waals surface area (Å²) in [6, 6.07) is 4.66. The fourth-order valence-corrected chi connectivity index (χ4v) is 1.61. The van der Waals surface area contributed by atoms with Crippen LogP contribution in [-0.4, -0.2) is 24.2 Å². The molecule has 0 fully saturated rings. The molecule has 1 rings (SSSR count). The van der Waals surface area contributed by atoms with E-state index in [0.717, 1.165) is 12.1 Å². The first-order valence-electron chi connectivity index (χ1n) is 5.91. The van der Waals surface area contributed by atoms with Crippen molar-refractivity contribution in [3.63, 3.8) is 0 Å². The molecule has 1 unspecified atom stereocenters. The summed E-state index contributed by atoms with van der Waals surface area (Å²) in [7, 11) is 0. The quantitative estimate of drug-likeness (QED) is 0.867. The van der Waals surface area contributed by atoms with Crippen molar-refractivity contribution in [3.05, 3.63) is 35.4 Å². The van der Waals surface area contributed by atoms with Crippen LogP contribution in [0.5, 0.6) is 0 Å². The fourth-order valence-electron chi connectivity index (χ4n) is 1.61. The zero-order chi connectivity index (χ0) is 14.5. The van der Waals surface area contributed by atoms with E-state index in [0.29, 0.717) is 6.42 Å². The molecular formula is C13H16F3NO2. The molecule has 0 aromatic heterocycles. The maximum absolute atomic E-state index is 12.7. The number of amides is 1. The number of hydrogen-bond acceptors (Lipinski definition) is 2. The van der Waals surface area contributed by atoms with E-state index in [1.54, 1.807) is 6.92 Å². The highest BCUT2D eigenvalue weighted by Gasteiger charge is 2.34. The van der Waals surface area contributed by atoms with E-state index in [1.807, 2.05) is 0 Å². The van der Waals surface area contributed by atoms with Crippen molar-refractivity contribution in [1.82, 2.24) is 5.32 Å². The molecule has 3 nitrogen and oxygen atoms in total. The molecule has 2 N–H and O–H groups in total. The van der Waals surface area contributed by atoms with Crippen LogP contribution in [0.4, 0.5) is 13.2 Å². The highest BCUT2D eigenvalue weighted by Crippen LogP contribution is 2.31. The van der Waals surface area contributed by atoms with E-state index in [1.165, 1.54) is 12.1 Å². The van der Waals surface area contributed by atoms with Crippen molar-refractivity contribution in [3.8, 4) is 0 Å². The molecule has 0 spiro atoms. The van der Waals surface area contributed by atoms with Crippen LogP contribution < -0.4 is 5.32 Å². The highest BCUT2D eigenvalue weighted by atomic mass is 19.4. The molecule has 6 heteroatoms. The second kappa shape index (κ2) is 6.56. The molecule has 0 aliphatic carbocycles. The third kappa shape index (κ3) is 4.55. The SMILES string of the molecule is CC(CCO)CNC(=O)c1ccccc1C(F)(F)F. The Morgan fingerprint density at radius 2 is 2.00 bits per heavy atom. The minimum absolute atomic E-state index is 0.00648. The second-order valence-corrected chi connectivity index (χ2v) is 4.37. The van der Waals surface area contributed by atoms with E-state index < -0.39 is 17.6 Å². The number of hydrogen-bond donors (Lipinski definition) is 2.